The molecule has 6 nitrogen and oxygen atoms in total. The summed E-state index contributed by atoms with van der Waals surface area (Å²) in [5, 5.41) is 10.0. The molecule has 1 fully saturated rings. The van der Waals surface area contributed by atoms with Crippen molar-refractivity contribution in [2.45, 2.75) is 38.5 Å². The number of likely N-dealkylation sites (tertiary alicyclic amines) is 1. The maximum atomic E-state index is 13.0. The lowest BCUT2D eigenvalue weighted by molar-refractivity contribution is -0.137. The molecule has 2 N–H and O–H groups in total. The number of aliphatic hydroxyl groups excluding tert-OH is 1. The number of nitrogens with zero attached hydrogens (tertiary/aromatic N) is 3. The molecule has 2 aromatic heterocycles. The summed E-state index contributed by atoms with van der Waals surface area (Å²) in [4.78, 5) is 25.9. The molecule has 1 aliphatic heterocycles. The molecule has 4 rings (SSSR count). The van der Waals surface area contributed by atoms with Crippen LogP contribution in [0.4, 0.5) is 13.2 Å². The van der Waals surface area contributed by atoms with Crippen LogP contribution in [0.3, 0.4) is 0 Å². The van der Waals surface area contributed by atoms with Gasteiger partial charge in [-0.2, -0.15) is 13.2 Å². The molecular weight excluding hydrogens is 445 g/mol. The zero-order valence-corrected chi connectivity index (χ0v) is 18.3. The fraction of sp³-hybridized carbons (Fsp3) is 0.409. The first-order valence-corrected chi connectivity index (χ1v) is 10.2. The molecule has 172 valence electrons. The second-order valence-corrected chi connectivity index (χ2v) is 7.97. The van der Waals surface area contributed by atoms with Gasteiger partial charge in [0.05, 0.1) is 22.6 Å². The number of aliphatic hydroxyl groups is 1. The van der Waals surface area contributed by atoms with Crippen LogP contribution in [0.1, 0.15) is 29.5 Å². The number of alkyl halides is 3. The lowest BCUT2D eigenvalue weighted by atomic mass is 10.0. The second-order valence-electron chi connectivity index (χ2n) is 7.97. The van der Waals surface area contributed by atoms with Gasteiger partial charge in [0.25, 0.3) is 5.56 Å². The summed E-state index contributed by atoms with van der Waals surface area (Å²) in [7, 11) is 0. The van der Waals surface area contributed by atoms with E-state index in [1.807, 2.05) is 13.0 Å². The minimum atomic E-state index is -4.51. The SMILES string of the molecule is Cc1cc(CCN2CCC(O)CC2)cc2c(=O)[nH]c(-c3cc(C(F)(F)F)ccn3)nc12.Cl. The van der Waals surface area contributed by atoms with Crippen LogP contribution in [0.15, 0.2) is 35.3 Å². The van der Waals surface area contributed by atoms with Crippen molar-refractivity contribution in [2.75, 3.05) is 19.6 Å². The predicted molar refractivity (Wildman–Crippen MR) is 118 cm³/mol. The van der Waals surface area contributed by atoms with Crippen LogP contribution in [0.25, 0.3) is 22.4 Å². The fourth-order valence-corrected chi connectivity index (χ4v) is 3.92. The number of piperidine rings is 1. The topological polar surface area (TPSA) is 82.1 Å². The number of pyridine rings is 1. The van der Waals surface area contributed by atoms with Crippen molar-refractivity contribution in [2.24, 2.45) is 0 Å². The van der Waals surface area contributed by atoms with Crippen molar-refractivity contribution in [3.8, 4) is 11.5 Å². The van der Waals surface area contributed by atoms with Crippen LogP contribution in [-0.2, 0) is 12.6 Å². The third-order valence-corrected chi connectivity index (χ3v) is 5.66. The van der Waals surface area contributed by atoms with E-state index in [0.29, 0.717) is 10.9 Å². The highest BCUT2D eigenvalue weighted by Crippen LogP contribution is 2.30. The summed E-state index contributed by atoms with van der Waals surface area (Å²) in [5.74, 6) is 0.00586. The van der Waals surface area contributed by atoms with Crippen molar-refractivity contribution in [3.05, 3.63) is 57.5 Å². The monoisotopic (exact) mass is 468 g/mol. The van der Waals surface area contributed by atoms with Crippen molar-refractivity contribution < 1.29 is 18.3 Å². The van der Waals surface area contributed by atoms with E-state index in [0.717, 1.165) is 68.4 Å². The van der Waals surface area contributed by atoms with E-state index in [4.69, 9.17) is 0 Å². The normalized spacial score (nSPS) is 15.7. The number of nitrogens with one attached hydrogen (secondary N) is 1. The Kier molecular flexibility index (Phi) is 7.22. The Morgan fingerprint density at radius 2 is 1.94 bits per heavy atom. The first kappa shape index (κ1) is 24.2. The van der Waals surface area contributed by atoms with Gasteiger partial charge in [-0.1, -0.05) is 6.07 Å². The van der Waals surface area contributed by atoms with Crippen molar-refractivity contribution >= 4 is 23.3 Å². The summed E-state index contributed by atoms with van der Waals surface area (Å²) in [6.07, 6.45) is -1.38. The Hall–Kier alpha value is -2.49. The maximum Gasteiger partial charge on any atom is 0.416 e. The predicted octanol–water partition coefficient (Wildman–Crippen LogP) is 3.73. The molecule has 0 amide bonds. The Morgan fingerprint density at radius 3 is 2.62 bits per heavy atom. The molecule has 1 saturated heterocycles. The van der Waals surface area contributed by atoms with Crippen molar-refractivity contribution in [1.82, 2.24) is 19.9 Å². The van der Waals surface area contributed by atoms with Gasteiger partial charge < -0.3 is 15.0 Å². The Labute approximate surface area is 188 Å². The molecule has 0 aliphatic carbocycles. The van der Waals surface area contributed by atoms with Crippen molar-refractivity contribution in [3.63, 3.8) is 0 Å². The lowest BCUT2D eigenvalue weighted by Gasteiger charge is -2.29. The van der Waals surface area contributed by atoms with E-state index < -0.39 is 17.3 Å². The van der Waals surface area contributed by atoms with Crippen LogP contribution in [0.2, 0.25) is 0 Å². The van der Waals surface area contributed by atoms with Crippen LogP contribution in [-0.4, -0.2) is 50.7 Å². The van der Waals surface area contributed by atoms with Gasteiger partial charge in [-0.3, -0.25) is 9.78 Å². The molecule has 0 radical (unpaired) electrons. The molecule has 10 heteroatoms. The quantitative estimate of drug-likeness (QED) is 0.609. The van der Waals surface area contributed by atoms with Gasteiger partial charge in [-0.25, -0.2) is 4.98 Å². The molecule has 0 spiro atoms. The smallest absolute Gasteiger partial charge is 0.393 e. The molecule has 32 heavy (non-hydrogen) atoms. The van der Waals surface area contributed by atoms with E-state index in [-0.39, 0.29) is 30.0 Å². The molecule has 0 atom stereocenters. The minimum absolute atomic E-state index is 0. The highest BCUT2D eigenvalue weighted by Gasteiger charge is 2.31. The van der Waals surface area contributed by atoms with E-state index in [1.54, 1.807) is 6.07 Å². The van der Waals surface area contributed by atoms with Crippen LogP contribution in [0.5, 0.6) is 0 Å². The number of halogens is 4. The van der Waals surface area contributed by atoms with E-state index in [9.17, 15) is 23.1 Å². The Balaban J connectivity index is 0.00000289. The van der Waals surface area contributed by atoms with Crippen LogP contribution >= 0.6 is 12.4 Å². The van der Waals surface area contributed by atoms with Gasteiger partial charge in [-0.05, 0) is 55.5 Å². The number of hydrogen-bond donors (Lipinski definition) is 2. The Bertz CT molecular complexity index is 1160. The molecule has 1 aromatic carbocycles. The van der Waals surface area contributed by atoms with Gasteiger partial charge in [0, 0.05) is 25.8 Å². The number of aryl methyl sites for hydroxylation is 1. The highest BCUT2D eigenvalue weighted by atomic mass is 35.5. The van der Waals surface area contributed by atoms with Gasteiger partial charge >= 0.3 is 6.18 Å². The molecule has 1 aliphatic rings. The molecule has 3 heterocycles. The first-order valence-electron chi connectivity index (χ1n) is 10.2. The maximum absolute atomic E-state index is 13.0. The molecule has 0 saturated carbocycles. The average Bonchev–Trinajstić information content (AvgIpc) is 2.73. The standard InChI is InChI=1S/C22H23F3N4O2.ClH/c1-13-10-14(3-7-29-8-4-16(30)5-9-29)11-17-19(13)27-20(28-21(17)31)18-12-15(2-6-26-18)22(23,24)25;/h2,6,10-12,16,30H,3-5,7-9H2,1H3,(H,27,28,31);1H. The lowest BCUT2D eigenvalue weighted by Crippen LogP contribution is -2.37. The molecule has 0 bridgehead atoms. The van der Waals surface area contributed by atoms with Crippen LogP contribution < -0.4 is 5.56 Å². The number of fused-ring (bicyclic) bond motifs is 1. The van der Waals surface area contributed by atoms with E-state index >= 15 is 0 Å². The summed E-state index contributed by atoms with van der Waals surface area (Å²) in [5.41, 5.74) is 0.921. The molecule has 0 unspecified atom stereocenters. The third-order valence-electron chi connectivity index (χ3n) is 5.66. The third kappa shape index (κ3) is 5.28. The second kappa shape index (κ2) is 9.56. The van der Waals surface area contributed by atoms with E-state index in [2.05, 4.69) is 19.9 Å². The summed E-state index contributed by atoms with van der Waals surface area (Å²) >= 11 is 0. The largest absolute Gasteiger partial charge is 0.416 e. The zero-order chi connectivity index (χ0) is 22.2. The molecule has 3 aromatic rings. The fourth-order valence-electron chi connectivity index (χ4n) is 3.92. The summed E-state index contributed by atoms with van der Waals surface area (Å²) < 4.78 is 39.0. The van der Waals surface area contributed by atoms with Gasteiger partial charge in [0.1, 0.15) is 5.69 Å². The number of H-pyrrole nitrogens is 1. The highest BCUT2D eigenvalue weighted by molar-refractivity contribution is 5.85. The van der Waals surface area contributed by atoms with Gasteiger partial charge in [0.2, 0.25) is 0 Å². The first-order chi connectivity index (χ1) is 14.7. The number of benzene rings is 1. The van der Waals surface area contributed by atoms with Gasteiger partial charge in [-0.15, -0.1) is 12.4 Å². The zero-order valence-electron chi connectivity index (χ0n) is 17.4. The minimum Gasteiger partial charge on any atom is -0.393 e. The Morgan fingerprint density at radius 1 is 1.22 bits per heavy atom. The summed E-state index contributed by atoms with van der Waals surface area (Å²) in [6.45, 7) is 4.36. The van der Waals surface area contributed by atoms with Crippen molar-refractivity contribution in [1.29, 1.82) is 0 Å². The number of aromatic nitrogens is 3. The summed E-state index contributed by atoms with van der Waals surface area (Å²) in [6, 6.07) is 5.50. The van der Waals surface area contributed by atoms with E-state index in [1.165, 1.54) is 0 Å². The number of aromatic amines is 1. The number of hydrogen-bond acceptors (Lipinski definition) is 5. The van der Waals surface area contributed by atoms with Gasteiger partial charge in [0.15, 0.2) is 5.82 Å². The number of rotatable bonds is 4. The average molecular weight is 469 g/mol. The van der Waals surface area contributed by atoms with Crippen LogP contribution in [0, 0.1) is 6.92 Å². The molecular formula is C22H24ClF3N4O2.